The van der Waals surface area contributed by atoms with Gasteiger partial charge in [0.1, 0.15) is 5.65 Å². The van der Waals surface area contributed by atoms with Crippen LogP contribution >= 0.6 is 0 Å². The molecular weight excluding hydrogens is 324 g/mol. The molecule has 24 heavy (non-hydrogen) atoms. The fourth-order valence-corrected chi connectivity index (χ4v) is 5.51. The van der Waals surface area contributed by atoms with Crippen LogP contribution in [-0.2, 0) is 10.2 Å². The van der Waals surface area contributed by atoms with Crippen LogP contribution in [0.3, 0.4) is 0 Å². The molecule has 1 saturated carbocycles. The average molecular weight is 348 g/mol. The zero-order valence-electron chi connectivity index (χ0n) is 13.8. The Hall–Kier alpha value is -1.44. The monoisotopic (exact) mass is 348 g/mol. The number of pyridine rings is 1. The van der Waals surface area contributed by atoms with Gasteiger partial charge in [-0.3, -0.25) is 0 Å². The Bertz CT molecular complexity index is 803. The zero-order valence-corrected chi connectivity index (χ0v) is 14.6. The van der Waals surface area contributed by atoms with Gasteiger partial charge < -0.3 is 4.57 Å². The summed E-state index contributed by atoms with van der Waals surface area (Å²) >= 11 is 0. The Morgan fingerprint density at radius 1 is 1.08 bits per heavy atom. The molecule has 3 heterocycles. The average Bonchev–Trinajstić information content (AvgIpc) is 3.26. The van der Waals surface area contributed by atoms with Gasteiger partial charge in [-0.1, -0.05) is 0 Å². The molecule has 1 saturated heterocycles. The maximum Gasteiger partial charge on any atom is 0.279 e. The highest BCUT2D eigenvalue weighted by Crippen LogP contribution is 2.31. The number of fused-ring (bicyclic) bond motifs is 1. The molecule has 1 aliphatic carbocycles. The van der Waals surface area contributed by atoms with Crippen molar-refractivity contribution in [1.29, 1.82) is 0 Å². The van der Waals surface area contributed by atoms with Crippen molar-refractivity contribution >= 4 is 21.2 Å². The highest BCUT2D eigenvalue weighted by molar-refractivity contribution is 7.87. The first-order valence-electron chi connectivity index (χ1n) is 8.82. The summed E-state index contributed by atoms with van der Waals surface area (Å²) in [5.74, 6) is 0. The minimum absolute atomic E-state index is 0.0571. The second-order valence-corrected chi connectivity index (χ2v) is 8.58. The predicted octanol–water partition coefficient (Wildman–Crippen LogP) is 2.45. The fourth-order valence-electron chi connectivity index (χ4n) is 3.97. The molecule has 6 nitrogen and oxygen atoms in total. The lowest BCUT2D eigenvalue weighted by molar-refractivity contribution is 0.311. The Morgan fingerprint density at radius 2 is 1.83 bits per heavy atom. The minimum Gasteiger partial charge on any atom is -0.329 e. The molecule has 130 valence electrons. The van der Waals surface area contributed by atoms with Crippen LogP contribution in [0.1, 0.15) is 44.6 Å². The zero-order chi connectivity index (χ0) is 16.6. The summed E-state index contributed by atoms with van der Waals surface area (Å²) in [6.07, 6.45) is 9.60. The summed E-state index contributed by atoms with van der Waals surface area (Å²) in [6.45, 7) is 1.32. The van der Waals surface area contributed by atoms with Crippen molar-refractivity contribution in [1.82, 2.24) is 18.6 Å². The van der Waals surface area contributed by atoms with Gasteiger partial charge in [0.15, 0.2) is 0 Å². The van der Waals surface area contributed by atoms with Crippen LogP contribution in [-0.4, -0.2) is 41.4 Å². The van der Waals surface area contributed by atoms with Crippen molar-refractivity contribution < 1.29 is 8.42 Å². The van der Waals surface area contributed by atoms with E-state index in [1.165, 1.54) is 0 Å². The molecule has 1 aliphatic heterocycles. The summed E-state index contributed by atoms with van der Waals surface area (Å²) in [6, 6.07) is 6.60. The lowest BCUT2D eigenvalue weighted by atomic mass is 9.91. The molecule has 2 aliphatic rings. The van der Waals surface area contributed by atoms with Crippen molar-refractivity contribution in [3.63, 3.8) is 0 Å². The number of rotatable bonds is 4. The second-order valence-electron chi connectivity index (χ2n) is 6.87. The molecule has 0 aromatic carbocycles. The van der Waals surface area contributed by atoms with Crippen LogP contribution in [0, 0.1) is 0 Å². The van der Waals surface area contributed by atoms with Crippen LogP contribution in [0.2, 0.25) is 0 Å². The maximum absolute atomic E-state index is 12.4. The van der Waals surface area contributed by atoms with Crippen molar-refractivity contribution in [2.24, 2.45) is 0 Å². The number of hydrogen-bond acceptors (Lipinski definition) is 3. The van der Waals surface area contributed by atoms with Crippen LogP contribution < -0.4 is 4.72 Å². The lowest BCUT2D eigenvalue weighted by Crippen LogP contribution is -2.45. The van der Waals surface area contributed by atoms with Crippen LogP contribution in [0.25, 0.3) is 11.0 Å². The molecule has 0 atom stereocenters. The van der Waals surface area contributed by atoms with Gasteiger partial charge in [-0.25, -0.2) is 4.98 Å². The van der Waals surface area contributed by atoms with E-state index in [9.17, 15) is 8.42 Å². The maximum atomic E-state index is 12.4. The van der Waals surface area contributed by atoms with E-state index in [1.54, 1.807) is 4.31 Å². The minimum atomic E-state index is -3.30. The Labute approximate surface area is 143 Å². The first-order valence-corrected chi connectivity index (χ1v) is 10.3. The molecule has 2 aromatic rings. The van der Waals surface area contributed by atoms with E-state index in [-0.39, 0.29) is 6.04 Å². The number of aromatic nitrogens is 2. The van der Waals surface area contributed by atoms with Crippen molar-refractivity contribution in [2.45, 2.75) is 50.6 Å². The Morgan fingerprint density at radius 3 is 2.58 bits per heavy atom. The molecule has 0 amide bonds. The summed E-state index contributed by atoms with van der Waals surface area (Å²) in [5, 5.41) is 1.16. The van der Waals surface area contributed by atoms with Gasteiger partial charge in [-0.05, 0) is 56.7 Å². The molecule has 4 rings (SSSR count). The third kappa shape index (κ3) is 3.08. The SMILES string of the molecule is O=S(=O)(NC1CCC(n2ccc3cccnc32)CC1)N1CCCC1. The molecule has 1 N–H and O–H groups in total. The van der Waals surface area contributed by atoms with Gasteiger partial charge in [0, 0.05) is 43.0 Å². The molecule has 2 aromatic heterocycles. The topological polar surface area (TPSA) is 67.2 Å². The van der Waals surface area contributed by atoms with E-state index in [2.05, 4.69) is 32.6 Å². The number of hydrogen-bond donors (Lipinski definition) is 1. The summed E-state index contributed by atoms with van der Waals surface area (Å²) in [7, 11) is -3.30. The van der Waals surface area contributed by atoms with Gasteiger partial charge in [0.25, 0.3) is 10.2 Å². The third-order valence-corrected chi connectivity index (χ3v) is 6.96. The molecule has 2 fully saturated rings. The summed E-state index contributed by atoms with van der Waals surface area (Å²) in [4.78, 5) is 4.49. The molecule has 0 spiro atoms. The van der Waals surface area contributed by atoms with E-state index in [0.29, 0.717) is 19.1 Å². The van der Waals surface area contributed by atoms with Gasteiger partial charge >= 0.3 is 0 Å². The van der Waals surface area contributed by atoms with Crippen molar-refractivity contribution in [3.8, 4) is 0 Å². The normalized spacial score (nSPS) is 26.2. The summed E-state index contributed by atoms with van der Waals surface area (Å²) < 4.78 is 31.5. The van der Waals surface area contributed by atoms with Crippen molar-refractivity contribution in [2.75, 3.05) is 13.1 Å². The van der Waals surface area contributed by atoms with E-state index < -0.39 is 10.2 Å². The van der Waals surface area contributed by atoms with E-state index >= 15 is 0 Å². The Kier molecular flexibility index (Phi) is 4.32. The third-order valence-electron chi connectivity index (χ3n) is 5.29. The van der Waals surface area contributed by atoms with Crippen LogP contribution in [0.15, 0.2) is 30.6 Å². The van der Waals surface area contributed by atoms with E-state index in [1.807, 2.05) is 12.3 Å². The van der Waals surface area contributed by atoms with Crippen molar-refractivity contribution in [3.05, 3.63) is 30.6 Å². The highest BCUT2D eigenvalue weighted by atomic mass is 32.2. The Balaban J connectivity index is 1.40. The van der Waals surface area contributed by atoms with Gasteiger partial charge in [-0.2, -0.15) is 17.4 Å². The van der Waals surface area contributed by atoms with Crippen LogP contribution in [0.5, 0.6) is 0 Å². The lowest BCUT2D eigenvalue weighted by Gasteiger charge is -2.31. The van der Waals surface area contributed by atoms with E-state index in [4.69, 9.17) is 0 Å². The molecule has 0 bridgehead atoms. The molecular formula is C17H24N4O2S. The second kappa shape index (κ2) is 6.46. The van der Waals surface area contributed by atoms with Gasteiger partial charge in [0.2, 0.25) is 0 Å². The van der Waals surface area contributed by atoms with E-state index in [0.717, 1.165) is 49.6 Å². The predicted molar refractivity (Wildman–Crippen MR) is 93.9 cm³/mol. The van der Waals surface area contributed by atoms with Gasteiger partial charge in [0.05, 0.1) is 0 Å². The van der Waals surface area contributed by atoms with Gasteiger partial charge in [-0.15, -0.1) is 0 Å². The number of nitrogens with one attached hydrogen (secondary N) is 1. The molecule has 7 heteroatoms. The largest absolute Gasteiger partial charge is 0.329 e. The summed E-state index contributed by atoms with van der Waals surface area (Å²) in [5.41, 5.74) is 1.03. The number of nitrogens with zero attached hydrogens (tertiary/aromatic N) is 3. The highest BCUT2D eigenvalue weighted by Gasteiger charge is 2.30. The quantitative estimate of drug-likeness (QED) is 0.923. The molecule has 0 radical (unpaired) electrons. The first-order chi connectivity index (χ1) is 11.6. The fraction of sp³-hybridized carbons (Fsp3) is 0.588. The standard InChI is InChI=1S/C17H24N4O2S/c22-24(23,20-11-1-2-12-20)19-15-5-7-16(8-6-15)21-13-9-14-4-3-10-18-17(14)21/h3-4,9-10,13,15-16,19H,1-2,5-8,11-12H2. The molecule has 0 unspecified atom stereocenters. The smallest absolute Gasteiger partial charge is 0.279 e. The first kappa shape index (κ1) is 16.1. The van der Waals surface area contributed by atoms with Crippen LogP contribution in [0.4, 0.5) is 0 Å².